The van der Waals surface area contributed by atoms with Crippen molar-refractivity contribution in [2.24, 2.45) is 0 Å². The van der Waals surface area contributed by atoms with Crippen LogP contribution in [0.25, 0.3) is 73.0 Å². The molecule has 0 saturated carbocycles. The number of rotatable bonds is 4. The van der Waals surface area contributed by atoms with E-state index in [1.54, 1.807) is 12.4 Å². The Kier molecular flexibility index (Phi) is 5.44. The molecule has 0 aliphatic heterocycles. The average molecular weight is 582 g/mol. The largest absolute Gasteiger partial charge is 0.457 e. The summed E-state index contributed by atoms with van der Waals surface area (Å²) in [5, 5.41) is 1.01. The van der Waals surface area contributed by atoms with Crippen molar-refractivity contribution in [2.75, 3.05) is 0 Å². The lowest BCUT2D eigenvalue weighted by Crippen LogP contribution is -2.14. The summed E-state index contributed by atoms with van der Waals surface area (Å²) in [5.74, 6) is 2.82. The third-order valence-corrected chi connectivity index (χ3v) is 8.90. The molecule has 6 nitrogen and oxygen atoms in total. The standard InChI is InChI=1S/C39H27N5O/c1-39(2)30-16-10-9-15-28(30)32-33-34(45-35(32)39)29-23-26(17-18-31(29)44(33)27-13-7-4-8-14-27)38-42-36(24-11-5-3-6-12-24)41-37(43-38)25-19-21-40-22-20-25/h3-23H,1-2H3. The minimum atomic E-state index is -0.255. The van der Waals surface area contributed by atoms with Crippen LogP contribution in [0.2, 0.25) is 0 Å². The molecule has 4 heterocycles. The van der Waals surface area contributed by atoms with Crippen LogP contribution in [-0.4, -0.2) is 24.5 Å². The number of hydrogen-bond acceptors (Lipinski definition) is 5. The molecule has 0 saturated heterocycles. The van der Waals surface area contributed by atoms with Gasteiger partial charge in [-0.05, 0) is 67.4 Å². The SMILES string of the molecule is CC1(C)c2ccccc2-c2c1oc1c3cc(-c4nc(-c5ccccc5)nc(-c5ccncc5)n4)ccc3n(-c3ccccc3)c21. The van der Waals surface area contributed by atoms with Crippen LogP contribution < -0.4 is 0 Å². The molecule has 8 aromatic rings. The predicted molar refractivity (Wildman–Crippen MR) is 178 cm³/mol. The molecule has 0 bridgehead atoms. The van der Waals surface area contributed by atoms with E-state index in [4.69, 9.17) is 19.4 Å². The summed E-state index contributed by atoms with van der Waals surface area (Å²) >= 11 is 0. The predicted octanol–water partition coefficient (Wildman–Crippen LogP) is 9.26. The van der Waals surface area contributed by atoms with E-state index in [0.29, 0.717) is 17.5 Å². The molecule has 4 aromatic heterocycles. The average Bonchev–Trinajstić information content (AvgIpc) is 3.71. The van der Waals surface area contributed by atoms with E-state index in [2.05, 4.69) is 90.1 Å². The third kappa shape index (κ3) is 3.82. The molecule has 0 atom stereocenters. The van der Waals surface area contributed by atoms with Crippen LogP contribution in [0.5, 0.6) is 0 Å². The van der Waals surface area contributed by atoms with E-state index in [9.17, 15) is 0 Å². The highest BCUT2D eigenvalue weighted by Gasteiger charge is 2.42. The number of furan rings is 1. The van der Waals surface area contributed by atoms with Gasteiger partial charge in [0, 0.05) is 51.1 Å². The second-order valence-electron chi connectivity index (χ2n) is 12.0. The molecule has 0 fully saturated rings. The Morgan fingerprint density at radius 1 is 0.622 bits per heavy atom. The highest BCUT2D eigenvalue weighted by molar-refractivity contribution is 6.14. The lowest BCUT2D eigenvalue weighted by molar-refractivity contribution is 0.466. The van der Waals surface area contributed by atoms with Crippen molar-refractivity contribution in [3.8, 4) is 51.0 Å². The molecular formula is C39H27N5O. The lowest BCUT2D eigenvalue weighted by atomic mass is 9.86. The summed E-state index contributed by atoms with van der Waals surface area (Å²) in [6.07, 6.45) is 3.51. The zero-order valence-electron chi connectivity index (χ0n) is 24.8. The Hall–Kier alpha value is -5.88. The Labute approximate surface area is 259 Å². The molecule has 9 rings (SSSR count). The van der Waals surface area contributed by atoms with Crippen molar-refractivity contribution >= 4 is 22.0 Å². The molecule has 6 heteroatoms. The molecule has 214 valence electrons. The molecule has 0 N–H and O–H groups in total. The quantitative estimate of drug-likeness (QED) is 0.207. The first-order chi connectivity index (χ1) is 22.1. The fourth-order valence-electron chi connectivity index (χ4n) is 6.75. The van der Waals surface area contributed by atoms with Gasteiger partial charge in [-0.3, -0.25) is 4.98 Å². The zero-order chi connectivity index (χ0) is 30.1. The minimum Gasteiger partial charge on any atom is -0.457 e. The number of nitrogens with zero attached hydrogens (tertiary/aromatic N) is 5. The van der Waals surface area contributed by atoms with E-state index < -0.39 is 0 Å². The van der Waals surface area contributed by atoms with Gasteiger partial charge in [0.25, 0.3) is 0 Å². The van der Waals surface area contributed by atoms with E-state index in [-0.39, 0.29) is 5.41 Å². The van der Waals surface area contributed by atoms with Gasteiger partial charge < -0.3 is 8.98 Å². The van der Waals surface area contributed by atoms with Gasteiger partial charge in [0.05, 0.1) is 5.52 Å². The second kappa shape index (κ2) is 9.56. The van der Waals surface area contributed by atoms with Crippen LogP contribution in [0.15, 0.2) is 132 Å². The Morgan fingerprint density at radius 2 is 1.24 bits per heavy atom. The summed E-state index contributed by atoms with van der Waals surface area (Å²) in [7, 11) is 0. The molecular weight excluding hydrogens is 554 g/mol. The van der Waals surface area contributed by atoms with Crippen LogP contribution in [0.1, 0.15) is 25.2 Å². The first-order valence-corrected chi connectivity index (χ1v) is 15.1. The van der Waals surface area contributed by atoms with Gasteiger partial charge in [-0.15, -0.1) is 0 Å². The number of hydrogen-bond donors (Lipinski definition) is 0. The maximum atomic E-state index is 6.92. The van der Waals surface area contributed by atoms with Gasteiger partial charge in [0.1, 0.15) is 11.3 Å². The van der Waals surface area contributed by atoms with E-state index in [1.165, 1.54) is 16.7 Å². The van der Waals surface area contributed by atoms with Crippen molar-refractivity contribution in [2.45, 2.75) is 19.3 Å². The van der Waals surface area contributed by atoms with E-state index >= 15 is 0 Å². The van der Waals surface area contributed by atoms with Crippen LogP contribution in [0.4, 0.5) is 0 Å². The van der Waals surface area contributed by atoms with Crippen LogP contribution in [0.3, 0.4) is 0 Å². The maximum absolute atomic E-state index is 6.92. The topological polar surface area (TPSA) is 69.6 Å². The molecule has 0 amide bonds. The summed E-state index contributed by atoms with van der Waals surface area (Å²) in [6, 6.07) is 39.4. The first-order valence-electron chi connectivity index (χ1n) is 15.1. The number of aromatic nitrogens is 5. The van der Waals surface area contributed by atoms with Crippen molar-refractivity contribution in [3.05, 3.63) is 139 Å². The Balaban J connectivity index is 1.33. The maximum Gasteiger partial charge on any atom is 0.164 e. The summed E-state index contributed by atoms with van der Waals surface area (Å²) < 4.78 is 9.25. The summed E-state index contributed by atoms with van der Waals surface area (Å²) in [6.45, 7) is 4.49. The van der Waals surface area contributed by atoms with E-state index in [0.717, 1.165) is 50.1 Å². The van der Waals surface area contributed by atoms with Crippen LogP contribution >= 0.6 is 0 Å². The molecule has 0 spiro atoms. The van der Waals surface area contributed by atoms with Gasteiger partial charge in [0.2, 0.25) is 0 Å². The van der Waals surface area contributed by atoms with Crippen molar-refractivity contribution in [1.29, 1.82) is 0 Å². The Bertz CT molecular complexity index is 2330. The van der Waals surface area contributed by atoms with Crippen molar-refractivity contribution < 1.29 is 4.42 Å². The highest BCUT2D eigenvalue weighted by Crippen LogP contribution is 2.54. The smallest absolute Gasteiger partial charge is 0.164 e. The molecule has 0 radical (unpaired) electrons. The third-order valence-electron chi connectivity index (χ3n) is 8.90. The number of pyridine rings is 1. The fourth-order valence-corrected chi connectivity index (χ4v) is 6.75. The fraction of sp³-hybridized carbons (Fsp3) is 0.0769. The van der Waals surface area contributed by atoms with Gasteiger partial charge in [-0.1, -0.05) is 72.8 Å². The molecule has 4 aromatic carbocycles. The zero-order valence-corrected chi connectivity index (χ0v) is 24.8. The summed E-state index contributed by atoms with van der Waals surface area (Å²) in [5.41, 5.74) is 10.2. The minimum absolute atomic E-state index is 0.255. The molecule has 1 aliphatic rings. The Morgan fingerprint density at radius 3 is 1.98 bits per heavy atom. The van der Waals surface area contributed by atoms with Crippen LogP contribution in [-0.2, 0) is 5.41 Å². The first kappa shape index (κ1) is 25.6. The van der Waals surface area contributed by atoms with Gasteiger partial charge in [-0.25, -0.2) is 15.0 Å². The number of benzene rings is 4. The molecule has 0 unspecified atom stereocenters. The van der Waals surface area contributed by atoms with E-state index in [1.807, 2.05) is 48.5 Å². The highest BCUT2D eigenvalue weighted by atomic mass is 16.3. The second-order valence-corrected chi connectivity index (χ2v) is 12.0. The molecule has 45 heavy (non-hydrogen) atoms. The molecule has 1 aliphatic carbocycles. The van der Waals surface area contributed by atoms with Gasteiger partial charge >= 0.3 is 0 Å². The van der Waals surface area contributed by atoms with Crippen LogP contribution in [0, 0.1) is 0 Å². The van der Waals surface area contributed by atoms with Crippen molar-refractivity contribution in [1.82, 2.24) is 24.5 Å². The van der Waals surface area contributed by atoms with Gasteiger partial charge in [0.15, 0.2) is 23.1 Å². The van der Waals surface area contributed by atoms with Crippen molar-refractivity contribution in [3.63, 3.8) is 0 Å². The van der Waals surface area contributed by atoms with Gasteiger partial charge in [-0.2, -0.15) is 0 Å². The number of para-hydroxylation sites is 1. The number of fused-ring (bicyclic) bond motifs is 7. The lowest BCUT2D eigenvalue weighted by Gasteiger charge is -2.18. The summed E-state index contributed by atoms with van der Waals surface area (Å²) in [4.78, 5) is 19.0. The normalized spacial score (nSPS) is 13.3. The monoisotopic (exact) mass is 581 g/mol.